The summed E-state index contributed by atoms with van der Waals surface area (Å²) >= 11 is 0. The maximum absolute atomic E-state index is 3.56. The van der Waals surface area contributed by atoms with Crippen molar-refractivity contribution in [3.63, 3.8) is 0 Å². The fraction of sp³-hybridized carbons (Fsp3) is 0.100. The van der Waals surface area contributed by atoms with Gasteiger partial charge in [0.05, 0.1) is 0 Å². The Hall–Kier alpha value is -1.04. The molecule has 0 amide bonds. The minimum atomic E-state index is 0.955. The van der Waals surface area contributed by atoms with Crippen LogP contribution in [0.25, 0.3) is 0 Å². The Morgan fingerprint density at radius 3 is 2.30 bits per heavy atom. The molecule has 0 spiro atoms. The summed E-state index contributed by atoms with van der Waals surface area (Å²) in [5.41, 5.74) is 0. The molecule has 0 aromatic carbocycles. The SMILES string of the molecule is [CH2]/C=C/C=C/C/C=C/C=C. The van der Waals surface area contributed by atoms with E-state index >= 15 is 0 Å². The van der Waals surface area contributed by atoms with Crippen molar-refractivity contribution in [2.45, 2.75) is 6.42 Å². The molecule has 0 fully saturated rings. The molecule has 10 heavy (non-hydrogen) atoms. The molecule has 0 nitrogen and oxygen atoms in total. The predicted octanol–water partition coefficient (Wildman–Crippen LogP) is 3.07. The van der Waals surface area contributed by atoms with Gasteiger partial charge in [0.25, 0.3) is 0 Å². The van der Waals surface area contributed by atoms with Crippen molar-refractivity contribution in [3.8, 4) is 0 Å². The number of hydrogen-bond acceptors (Lipinski definition) is 0. The van der Waals surface area contributed by atoms with Crippen molar-refractivity contribution < 1.29 is 0 Å². The Balaban J connectivity index is 3.34. The van der Waals surface area contributed by atoms with Crippen molar-refractivity contribution >= 4 is 0 Å². The molecule has 0 aromatic heterocycles. The monoisotopic (exact) mass is 133 g/mol. The lowest BCUT2D eigenvalue weighted by Crippen LogP contribution is -1.55. The number of allylic oxidation sites excluding steroid dienone is 7. The van der Waals surface area contributed by atoms with Gasteiger partial charge in [0.15, 0.2) is 0 Å². The molecule has 0 aromatic rings. The predicted molar refractivity (Wildman–Crippen MR) is 47.6 cm³/mol. The third-order valence-corrected chi connectivity index (χ3v) is 0.928. The highest BCUT2D eigenvalue weighted by atomic mass is 13.7. The van der Waals surface area contributed by atoms with E-state index in [1.165, 1.54) is 0 Å². The Morgan fingerprint density at radius 2 is 1.70 bits per heavy atom. The first-order valence-electron chi connectivity index (χ1n) is 3.30. The van der Waals surface area contributed by atoms with E-state index in [2.05, 4.69) is 19.6 Å². The summed E-state index contributed by atoms with van der Waals surface area (Å²) in [6.07, 6.45) is 14.4. The highest BCUT2D eigenvalue weighted by Crippen LogP contribution is 1.86. The maximum atomic E-state index is 3.56. The van der Waals surface area contributed by atoms with Crippen molar-refractivity contribution in [2.24, 2.45) is 0 Å². The van der Waals surface area contributed by atoms with Crippen molar-refractivity contribution in [1.29, 1.82) is 0 Å². The van der Waals surface area contributed by atoms with Gasteiger partial charge < -0.3 is 0 Å². The second-order valence-corrected chi connectivity index (χ2v) is 1.76. The Kier molecular flexibility index (Phi) is 7.13. The molecule has 0 rings (SSSR count). The van der Waals surface area contributed by atoms with Crippen LogP contribution in [-0.2, 0) is 0 Å². The molecule has 0 bridgehead atoms. The first kappa shape index (κ1) is 8.96. The van der Waals surface area contributed by atoms with Crippen LogP contribution >= 0.6 is 0 Å². The summed E-state index contributed by atoms with van der Waals surface area (Å²) in [6.45, 7) is 7.11. The van der Waals surface area contributed by atoms with Gasteiger partial charge in [-0.1, -0.05) is 49.1 Å². The van der Waals surface area contributed by atoms with Gasteiger partial charge in [-0.3, -0.25) is 0 Å². The molecule has 0 N–H and O–H groups in total. The Morgan fingerprint density at radius 1 is 1.00 bits per heavy atom. The largest absolute Gasteiger partial charge is 0.0991 e. The second-order valence-electron chi connectivity index (χ2n) is 1.76. The lowest BCUT2D eigenvalue weighted by atomic mass is 10.3. The maximum Gasteiger partial charge on any atom is -0.0163 e. The van der Waals surface area contributed by atoms with E-state index in [1.807, 2.05) is 24.3 Å². The summed E-state index contributed by atoms with van der Waals surface area (Å²) in [5, 5.41) is 0. The highest BCUT2D eigenvalue weighted by molar-refractivity contribution is 5.07. The Labute approximate surface area is 63.3 Å². The fourth-order valence-electron chi connectivity index (χ4n) is 0.489. The molecule has 0 heterocycles. The third-order valence-electron chi connectivity index (χ3n) is 0.928. The average molecular weight is 133 g/mol. The van der Waals surface area contributed by atoms with Gasteiger partial charge in [0.1, 0.15) is 0 Å². The van der Waals surface area contributed by atoms with Crippen LogP contribution in [-0.4, -0.2) is 0 Å². The number of rotatable bonds is 4. The van der Waals surface area contributed by atoms with Crippen LogP contribution in [0.1, 0.15) is 6.42 Å². The Bertz CT molecular complexity index is 147. The standard InChI is InChI=1S/C10H13/c1-3-5-7-9-10-8-6-4-2/h3-9H,1-2,10H2/b5-3+,8-6+,9-7+. The molecule has 0 atom stereocenters. The normalized spacial score (nSPS) is 12.1. The molecule has 0 unspecified atom stereocenters. The van der Waals surface area contributed by atoms with E-state index in [9.17, 15) is 0 Å². The lowest BCUT2D eigenvalue weighted by molar-refractivity contribution is 1.39. The van der Waals surface area contributed by atoms with Crippen LogP contribution in [0.3, 0.4) is 0 Å². The average Bonchev–Trinajstić information content (AvgIpc) is 1.97. The van der Waals surface area contributed by atoms with Crippen LogP contribution < -0.4 is 0 Å². The van der Waals surface area contributed by atoms with Gasteiger partial charge in [-0.2, -0.15) is 0 Å². The van der Waals surface area contributed by atoms with Gasteiger partial charge in [0, 0.05) is 0 Å². The van der Waals surface area contributed by atoms with Gasteiger partial charge >= 0.3 is 0 Å². The molecule has 0 aliphatic carbocycles. The second kappa shape index (κ2) is 7.96. The zero-order valence-electron chi connectivity index (χ0n) is 6.16. The van der Waals surface area contributed by atoms with E-state index < -0.39 is 0 Å². The van der Waals surface area contributed by atoms with Gasteiger partial charge in [-0.25, -0.2) is 0 Å². The topological polar surface area (TPSA) is 0 Å². The van der Waals surface area contributed by atoms with Crippen LogP contribution in [0.15, 0.2) is 49.1 Å². The van der Waals surface area contributed by atoms with E-state index in [4.69, 9.17) is 0 Å². The van der Waals surface area contributed by atoms with Crippen molar-refractivity contribution in [3.05, 3.63) is 56.0 Å². The molecule has 53 valence electrons. The summed E-state index contributed by atoms with van der Waals surface area (Å²) in [4.78, 5) is 0. The minimum Gasteiger partial charge on any atom is -0.0991 e. The summed E-state index contributed by atoms with van der Waals surface area (Å²) in [7, 11) is 0. The molecule has 0 saturated heterocycles. The fourth-order valence-corrected chi connectivity index (χ4v) is 0.489. The quantitative estimate of drug-likeness (QED) is 0.517. The number of hydrogen-bond donors (Lipinski definition) is 0. The first-order valence-corrected chi connectivity index (χ1v) is 3.30. The lowest BCUT2D eigenvalue weighted by Gasteiger charge is -1.76. The van der Waals surface area contributed by atoms with Crippen LogP contribution in [0.4, 0.5) is 0 Å². The van der Waals surface area contributed by atoms with Gasteiger partial charge in [-0.15, -0.1) is 0 Å². The summed E-state index contributed by atoms with van der Waals surface area (Å²) in [6, 6.07) is 0. The molecule has 0 saturated carbocycles. The molecule has 0 aliphatic heterocycles. The molecule has 0 aliphatic rings. The van der Waals surface area contributed by atoms with Crippen LogP contribution in [0.2, 0.25) is 0 Å². The van der Waals surface area contributed by atoms with Gasteiger partial charge in [-0.05, 0) is 13.3 Å². The van der Waals surface area contributed by atoms with E-state index in [0.717, 1.165) is 6.42 Å². The zero-order chi connectivity index (χ0) is 7.66. The van der Waals surface area contributed by atoms with Crippen molar-refractivity contribution in [2.75, 3.05) is 0 Å². The summed E-state index contributed by atoms with van der Waals surface area (Å²) < 4.78 is 0. The third kappa shape index (κ3) is 6.96. The van der Waals surface area contributed by atoms with Crippen LogP contribution in [0, 0.1) is 6.92 Å². The van der Waals surface area contributed by atoms with E-state index in [-0.39, 0.29) is 0 Å². The summed E-state index contributed by atoms with van der Waals surface area (Å²) in [5.74, 6) is 0. The van der Waals surface area contributed by atoms with E-state index in [0.29, 0.717) is 0 Å². The van der Waals surface area contributed by atoms with E-state index in [1.54, 1.807) is 12.2 Å². The zero-order valence-corrected chi connectivity index (χ0v) is 6.16. The van der Waals surface area contributed by atoms with Crippen molar-refractivity contribution in [1.82, 2.24) is 0 Å². The molecular weight excluding hydrogens is 120 g/mol. The molecule has 0 heteroatoms. The highest BCUT2D eigenvalue weighted by Gasteiger charge is 1.65. The van der Waals surface area contributed by atoms with Crippen LogP contribution in [0.5, 0.6) is 0 Å². The minimum absolute atomic E-state index is 0.955. The van der Waals surface area contributed by atoms with Gasteiger partial charge in [0.2, 0.25) is 0 Å². The molecule has 1 radical (unpaired) electrons. The molecular formula is C10H13. The smallest absolute Gasteiger partial charge is 0.0163 e. The first-order chi connectivity index (χ1) is 4.91.